The first-order chi connectivity index (χ1) is 14.5. The number of likely N-dealkylation sites (N-methyl/N-ethyl adjacent to an activating group) is 1. The van der Waals surface area contributed by atoms with Crippen molar-refractivity contribution in [3.05, 3.63) is 35.2 Å². The van der Waals surface area contributed by atoms with Crippen molar-refractivity contribution in [1.29, 1.82) is 0 Å². The van der Waals surface area contributed by atoms with Crippen molar-refractivity contribution in [3.63, 3.8) is 0 Å². The minimum Gasteiger partial charge on any atom is -0.342 e. The highest BCUT2D eigenvalue weighted by molar-refractivity contribution is 6.30. The first-order valence-corrected chi connectivity index (χ1v) is 10.7. The number of hydrogen-bond donors (Lipinski definition) is 0. The van der Waals surface area contributed by atoms with Crippen LogP contribution in [0.25, 0.3) is 11.4 Å². The summed E-state index contributed by atoms with van der Waals surface area (Å²) in [6.07, 6.45) is 0.723. The summed E-state index contributed by atoms with van der Waals surface area (Å²) >= 11 is 5.90. The zero-order chi connectivity index (χ0) is 21.5. The fourth-order valence-electron chi connectivity index (χ4n) is 3.47. The van der Waals surface area contributed by atoms with Crippen LogP contribution in [0.5, 0.6) is 0 Å². The summed E-state index contributed by atoms with van der Waals surface area (Å²) in [5, 5.41) is 4.62. The molecule has 0 spiro atoms. The molecule has 0 atom stereocenters. The number of benzene rings is 1. The highest BCUT2D eigenvalue weighted by atomic mass is 35.5. The minimum absolute atomic E-state index is 0.0657. The SMILES string of the molecule is CCN(CC)C(=O)CN1CCN(C(=O)CCc2nc(-c3ccc(Cl)cc3)no2)CC1. The third kappa shape index (κ3) is 5.79. The molecular weight excluding hydrogens is 406 g/mol. The number of aromatic nitrogens is 2. The van der Waals surface area contributed by atoms with E-state index in [4.69, 9.17) is 16.1 Å². The van der Waals surface area contributed by atoms with Gasteiger partial charge in [0.1, 0.15) is 0 Å². The molecule has 2 aromatic rings. The highest BCUT2D eigenvalue weighted by Crippen LogP contribution is 2.19. The summed E-state index contributed by atoms with van der Waals surface area (Å²) in [4.78, 5) is 34.9. The minimum atomic E-state index is 0.0657. The summed E-state index contributed by atoms with van der Waals surface area (Å²) in [7, 11) is 0. The van der Waals surface area contributed by atoms with E-state index in [-0.39, 0.29) is 11.8 Å². The van der Waals surface area contributed by atoms with Crippen molar-refractivity contribution in [2.45, 2.75) is 26.7 Å². The lowest BCUT2D eigenvalue weighted by Crippen LogP contribution is -2.51. The lowest BCUT2D eigenvalue weighted by Gasteiger charge is -2.35. The van der Waals surface area contributed by atoms with Crippen LogP contribution in [0.4, 0.5) is 0 Å². The van der Waals surface area contributed by atoms with E-state index in [1.54, 1.807) is 12.1 Å². The third-order valence-corrected chi connectivity index (χ3v) is 5.58. The molecule has 162 valence electrons. The Kier molecular flexibility index (Phi) is 7.81. The zero-order valence-corrected chi connectivity index (χ0v) is 18.3. The van der Waals surface area contributed by atoms with Gasteiger partial charge in [0.15, 0.2) is 0 Å². The number of aryl methyl sites for hydroxylation is 1. The van der Waals surface area contributed by atoms with Crippen LogP contribution in [0.1, 0.15) is 26.2 Å². The fraction of sp³-hybridized carbons (Fsp3) is 0.524. The van der Waals surface area contributed by atoms with Gasteiger partial charge in [-0.25, -0.2) is 0 Å². The average molecular weight is 434 g/mol. The second kappa shape index (κ2) is 10.5. The van der Waals surface area contributed by atoms with Crippen molar-refractivity contribution in [3.8, 4) is 11.4 Å². The monoisotopic (exact) mass is 433 g/mol. The summed E-state index contributed by atoms with van der Waals surface area (Å²) in [5.41, 5.74) is 0.816. The Morgan fingerprint density at radius 1 is 1.10 bits per heavy atom. The van der Waals surface area contributed by atoms with Gasteiger partial charge in [-0.2, -0.15) is 4.98 Å². The molecule has 0 unspecified atom stereocenters. The summed E-state index contributed by atoms with van der Waals surface area (Å²) in [5.74, 6) is 1.14. The molecule has 0 radical (unpaired) electrons. The van der Waals surface area contributed by atoms with Gasteiger partial charge in [0.2, 0.25) is 23.5 Å². The van der Waals surface area contributed by atoms with Gasteiger partial charge in [0.25, 0.3) is 0 Å². The van der Waals surface area contributed by atoms with Crippen molar-refractivity contribution < 1.29 is 14.1 Å². The second-order valence-electron chi connectivity index (χ2n) is 7.24. The molecular formula is C21H28ClN5O3. The number of rotatable bonds is 8. The van der Waals surface area contributed by atoms with Crippen LogP contribution in [0, 0.1) is 0 Å². The van der Waals surface area contributed by atoms with E-state index in [9.17, 15) is 9.59 Å². The number of hydrogen-bond acceptors (Lipinski definition) is 6. The topological polar surface area (TPSA) is 82.8 Å². The molecule has 2 amide bonds. The molecule has 0 N–H and O–H groups in total. The average Bonchev–Trinajstić information content (AvgIpc) is 3.23. The van der Waals surface area contributed by atoms with Gasteiger partial charge in [0.05, 0.1) is 6.54 Å². The Bertz CT molecular complexity index is 843. The largest absolute Gasteiger partial charge is 0.342 e. The Hall–Kier alpha value is -2.45. The van der Waals surface area contributed by atoms with Gasteiger partial charge in [-0.3, -0.25) is 14.5 Å². The van der Waals surface area contributed by atoms with E-state index in [0.29, 0.717) is 62.3 Å². The van der Waals surface area contributed by atoms with Crippen LogP contribution in [0.15, 0.2) is 28.8 Å². The van der Waals surface area contributed by atoms with Crippen LogP contribution >= 0.6 is 11.6 Å². The summed E-state index contributed by atoms with van der Waals surface area (Å²) < 4.78 is 5.28. The van der Waals surface area contributed by atoms with Gasteiger partial charge in [-0.15, -0.1) is 0 Å². The number of carbonyl (C=O) groups is 2. The van der Waals surface area contributed by atoms with Gasteiger partial charge < -0.3 is 14.3 Å². The van der Waals surface area contributed by atoms with Gasteiger partial charge in [0, 0.05) is 62.7 Å². The van der Waals surface area contributed by atoms with E-state index in [1.807, 2.05) is 35.8 Å². The van der Waals surface area contributed by atoms with Crippen molar-refractivity contribution in [2.75, 3.05) is 45.8 Å². The maximum absolute atomic E-state index is 12.5. The molecule has 1 saturated heterocycles. The smallest absolute Gasteiger partial charge is 0.236 e. The highest BCUT2D eigenvalue weighted by Gasteiger charge is 2.24. The predicted octanol–water partition coefficient (Wildman–Crippen LogP) is 2.34. The quantitative estimate of drug-likeness (QED) is 0.635. The fourth-order valence-corrected chi connectivity index (χ4v) is 3.59. The molecule has 1 fully saturated rings. The van der Waals surface area contributed by atoms with Gasteiger partial charge >= 0.3 is 0 Å². The van der Waals surface area contributed by atoms with E-state index < -0.39 is 0 Å². The normalized spacial score (nSPS) is 14.7. The lowest BCUT2D eigenvalue weighted by molar-refractivity contribution is -0.135. The van der Waals surface area contributed by atoms with E-state index in [2.05, 4.69) is 15.0 Å². The molecule has 3 rings (SSSR count). The molecule has 8 nitrogen and oxygen atoms in total. The van der Waals surface area contributed by atoms with Crippen molar-refractivity contribution in [2.24, 2.45) is 0 Å². The molecule has 30 heavy (non-hydrogen) atoms. The van der Waals surface area contributed by atoms with Crippen LogP contribution in [-0.4, -0.2) is 82.5 Å². The lowest BCUT2D eigenvalue weighted by atomic mass is 10.2. The molecule has 0 saturated carbocycles. The van der Waals surface area contributed by atoms with Crippen molar-refractivity contribution >= 4 is 23.4 Å². The van der Waals surface area contributed by atoms with Crippen LogP contribution in [0.3, 0.4) is 0 Å². The molecule has 0 aliphatic carbocycles. The number of amides is 2. The third-order valence-electron chi connectivity index (χ3n) is 5.32. The van der Waals surface area contributed by atoms with Crippen molar-refractivity contribution in [1.82, 2.24) is 24.8 Å². The maximum Gasteiger partial charge on any atom is 0.236 e. The maximum atomic E-state index is 12.5. The molecule has 0 bridgehead atoms. The zero-order valence-electron chi connectivity index (χ0n) is 17.5. The predicted molar refractivity (Wildman–Crippen MR) is 114 cm³/mol. The van der Waals surface area contributed by atoms with Crippen LogP contribution < -0.4 is 0 Å². The standard InChI is InChI=1S/C21H28ClN5O3/c1-3-26(4-2)20(29)15-25-11-13-27(14-12-25)19(28)10-9-18-23-21(24-30-18)16-5-7-17(22)8-6-16/h5-8H,3-4,9-15H2,1-2H3. The first kappa shape index (κ1) is 22.2. The molecule has 2 heterocycles. The summed E-state index contributed by atoms with van der Waals surface area (Å²) in [6, 6.07) is 7.19. The van der Waals surface area contributed by atoms with E-state index in [0.717, 1.165) is 18.7 Å². The van der Waals surface area contributed by atoms with E-state index in [1.165, 1.54) is 0 Å². The molecule has 1 aromatic carbocycles. The van der Waals surface area contributed by atoms with Gasteiger partial charge in [-0.05, 0) is 38.1 Å². The number of nitrogens with zero attached hydrogens (tertiary/aromatic N) is 5. The Morgan fingerprint density at radius 3 is 2.40 bits per heavy atom. The number of piperazine rings is 1. The van der Waals surface area contributed by atoms with Crippen LogP contribution in [-0.2, 0) is 16.0 Å². The Labute approximate surface area is 181 Å². The molecule has 9 heteroatoms. The molecule has 1 aliphatic heterocycles. The number of carbonyl (C=O) groups excluding carboxylic acids is 2. The molecule has 1 aromatic heterocycles. The summed E-state index contributed by atoms with van der Waals surface area (Å²) in [6.45, 7) is 8.51. The van der Waals surface area contributed by atoms with E-state index >= 15 is 0 Å². The Balaban J connectivity index is 1.43. The van der Waals surface area contributed by atoms with Gasteiger partial charge in [-0.1, -0.05) is 16.8 Å². The van der Waals surface area contributed by atoms with Crippen LogP contribution in [0.2, 0.25) is 5.02 Å². The molecule has 1 aliphatic rings. The Morgan fingerprint density at radius 2 is 1.77 bits per heavy atom. The second-order valence-corrected chi connectivity index (χ2v) is 7.68. The number of halogens is 1. The first-order valence-electron chi connectivity index (χ1n) is 10.4.